The van der Waals surface area contributed by atoms with E-state index in [-0.39, 0.29) is 24.3 Å². The van der Waals surface area contributed by atoms with Gasteiger partial charge in [-0.1, -0.05) is 0 Å². The van der Waals surface area contributed by atoms with Gasteiger partial charge in [-0.3, -0.25) is 0 Å². The maximum Gasteiger partial charge on any atom is 0.123 e. The van der Waals surface area contributed by atoms with Crippen molar-refractivity contribution >= 4 is 12.4 Å². The minimum absolute atomic E-state index is 0. The first-order chi connectivity index (χ1) is 6.84. The number of ether oxygens (including phenoxy) is 1. The maximum absolute atomic E-state index is 12.6. The fourth-order valence-corrected chi connectivity index (χ4v) is 1.63. The van der Waals surface area contributed by atoms with Crippen LogP contribution in [0.3, 0.4) is 0 Å². The van der Waals surface area contributed by atoms with Gasteiger partial charge >= 0.3 is 0 Å². The molecule has 0 bridgehead atoms. The average Bonchev–Trinajstić information content (AvgIpc) is 2.23. The lowest BCUT2D eigenvalue weighted by Gasteiger charge is -2.23. The number of hydrogen-bond donors (Lipinski definition) is 1. The summed E-state index contributed by atoms with van der Waals surface area (Å²) in [5, 5.41) is 3.27. The number of piperidine rings is 1. The van der Waals surface area contributed by atoms with Gasteiger partial charge < -0.3 is 10.1 Å². The molecule has 0 saturated carbocycles. The van der Waals surface area contributed by atoms with E-state index in [1.807, 2.05) is 0 Å². The standard InChI is InChI=1S/C11H14FNO.ClH/c12-9-3-5-10(6-4-9)14-11-2-1-7-13-8-11;/h3-6,11,13H,1-2,7-8H2;1H/t11-;/m0./s1. The summed E-state index contributed by atoms with van der Waals surface area (Å²) in [7, 11) is 0. The minimum Gasteiger partial charge on any atom is -0.489 e. The Morgan fingerprint density at radius 1 is 1.27 bits per heavy atom. The Morgan fingerprint density at radius 3 is 2.60 bits per heavy atom. The molecular formula is C11H15ClFNO. The third-order valence-electron chi connectivity index (χ3n) is 2.37. The van der Waals surface area contributed by atoms with E-state index >= 15 is 0 Å². The lowest BCUT2D eigenvalue weighted by Crippen LogP contribution is -2.37. The second kappa shape index (κ2) is 5.93. The zero-order chi connectivity index (χ0) is 9.80. The van der Waals surface area contributed by atoms with Crippen LogP contribution >= 0.6 is 12.4 Å². The van der Waals surface area contributed by atoms with Crippen LogP contribution in [-0.2, 0) is 0 Å². The summed E-state index contributed by atoms with van der Waals surface area (Å²) < 4.78 is 18.3. The molecule has 15 heavy (non-hydrogen) atoms. The summed E-state index contributed by atoms with van der Waals surface area (Å²) in [5.41, 5.74) is 0. The van der Waals surface area contributed by atoms with Crippen molar-refractivity contribution in [1.29, 1.82) is 0 Å². The van der Waals surface area contributed by atoms with Gasteiger partial charge in [-0.15, -0.1) is 12.4 Å². The van der Waals surface area contributed by atoms with E-state index in [1.165, 1.54) is 12.1 Å². The monoisotopic (exact) mass is 231 g/mol. The van der Waals surface area contributed by atoms with Crippen molar-refractivity contribution in [3.05, 3.63) is 30.1 Å². The fraction of sp³-hybridized carbons (Fsp3) is 0.455. The highest BCUT2D eigenvalue weighted by atomic mass is 35.5. The Balaban J connectivity index is 0.00000112. The Morgan fingerprint density at radius 2 is 2.00 bits per heavy atom. The lowest BCUT2D eigenvalue weighted by molar-refractivity contribution is 0.167. The molecule has 1 atom stereocenters. The van der Waals surface area contributed by atoms with Gasteiger partial charge in [0.2, 0.25) is 0 Å². The molecule has 0 radical (unpaired) electrons. The number of rotatable bonds is 2. The zero-order valence-corrected chi connectivity index (χ0v) is 9.23. The first kappa shape index (κ1) is 12.3. The van der Waals surface area contributed by atoms with Crippen LogP contribution in [0, 0.1) is 5.82 Å². The molecule has 1 aromatic rings. The fourth-order valence-electron chi connectivity index (χ4n) is 1.63. The number of hydrogen-bond acceptors (Lipinski definition) is 2. The molecule has 1 aliphatic heterocycles. The number of halogens is 2. The van der Waals surface area contributed by atoms with Crippen LogP contribution in [-0.4, -0.2) is 19.2 Å². The quantitative estimate of drug-likeness (QED) is 0.844. The second-order valence-electron chi connectivity index (χ2n) is 3.54. The third-order valence-corrected chi connectivity index (χ3v) is 2.37. The second-order valence-corrected chi connectivity index (χ2v) is 3.54. The van der Waals surface area contributed by atoms with Crippen LogP contribution in [0.1, 0.15) is 12.8 Å². The molecule has 0 amide bonds. The van der Waals surface area contributed by atoms with Crippen LogP contribution in [0.25, 0.3) is 0 Å². The molecule has 1 N–H and O–H groups in total. The van der Waals surface area contributed by atoms with Crippen LogP contribution in [0.4, 0.5) is 4.39 Å². The molecule has 1 aliphatic rings. The summed E-state index contributed by atoms with van der Waals surface area (Å²) in [6.07, 6.45) is 2.45. The van der Waals surface area contributed by atoms with E-state index in [9.17, 15) is 4.39 Å². The molecule has 2 nitrogen and oxygen atoms in total. The van der Waals surface area contributed by atoms with Crippen molar-refractivity contribution < 1.29 is 9.13 Å². The highest BCUT2D eigenvalue weighted by Gasteiger charge is 2.13. The summed E-state index contributed by atoms with van der Waals surface area (Å²) in [6, 6.07) is 6.19. The summed E-state index contributed by atoms with van der Waals surface area (Å²) >= 11 is 0. The molecule has 1 aromatic carbocycles. The molecule has 2 rings (SSSR count). The summed E-state index contributed by atoms with van der Waals surface area (Å²) in [4.78, 5) is 0. The molecule has 1 fully saturated rings. The van der Waals surface area contributed by atoms with Gasteiger partial charge in [0.05, 0.1) is 0 Å². The van der Waals surface area contributed by atoms with Gasteiger partial charge in [0.25, 0.3) is 0 Å². The largest absolute Gasteiger partial charge is 0.489 e. The number of nitrogens with one attached hydrogen (secondary N) is 1. The van der Waals surface area contributed by atoms with Gasteiger partial charge in [0.1, 0.15) is 17.7 Å². The predicted molar refractivity (Wildman–Crippen MR) is 60.2 cm³/mol. The number of benzene rings is 1. The van der Waals surface area contributed by atoms with Crippen molar-refractivity contribution in [3.8, 4) is 5.75 Å². The van der Waals surface area contributed by atoms with Gasteiger partial charge in [-0.2, -0.15) is 0 Å². The van der Waals surface area contributed by atoms with Crippen molar-refractivity contribution in [2.45, 2.75) is 18.9 Å². The molecule has 0 spiro atoms. The smallest absolute Gasteiger partial charge is 0.123 e. The highest BCUT2D eigenvalue weighted by Crippen LogP contribution is 2.15. The van der Waals surface area contributed by atoms with E-state index in [0.717, 1.165) is 31.7 Å². The first-order valence-corrected chi connectivity index (χ1v) is 4.97. The molecule has 1 heterocycles. The van der Waals surface area contributed by atoms with Crippen LogP contribution in [0.15, 0.2) is 24.3 Å². The molecule has 0 aromatic heterocycles. The van der Waals surface area contributed by atoms with E-state index < -0.39 is 0 Å². The van der Waals surface area contributed by atoms with Crippen molar-refractivity contribution in [1.82, 2.24) is 5.32 Å². The van der Waals surface area contributed by atoms with E-state index in [1.54, 1.807) is 12.1 Å². The normalized spacial score (nSPS) is 20.5. The van der Waals surface area contributed by atoms with Crippen molar-refractivity contribution in [2.24, 2.45) is 0 Å². The highest BCUT2D eigenvalue weighted by molar-refractivity contribution is 5.85. The van der Waals surface area contributed by atoms with Gasteiger partial charge in [0, 0.05) is 6.54 Å². The van der Waals surface area contributed by atoms with Crippen LogP contribution in [0.2, 0.25) is 0 Å². The van der Waals surface area contributed by atoms with Crippen molar-refractivity contribution in [2.75, 3.05) is 13.1 Å². The zero-order valence-electron chi connectivity index (χ0n) is 8.41. The molecule has 4 heteroatoms. The van der Waals surface area contributed by atoms with Crippen LogP contribution < -0.4 is 10.1 Å². The van der Waals surface area contributed by atoms with Crippen LogP contribution in [0.5, 0.6) is 5.75 Å². The lowest BCUT2D eigenvalue weighted by atomic mass is 10.1. The summed E-state index contributed by atoms with van der Waals surface area (Å²) in [5.74, 6) is 0.527. The maximum atomic E-state index is 12.6. The molecule has 84 valence electrons. The van der Waals surface area contributed by atoms with E-state index in [0.29, 0.717) is 0 Å². The molecular weight excluding hydrogens is 217 g/mol. The molecule has 1 saturated heterocycles. The Hall–Kier alpha value is -0.800. The van der Waals surface area contributed by atoms with E-state index in [2.05, 4.69) is 5.32 Å². The van der Waals surface area contributed by atoms with Gasteiger partial charge in [-0.05, 0) is 43.7 Å². The Kier molecular flexibility index (Phi) is 4.85. The first-order valence-electron chi connectivity index (χ1n) is 4.97. The van der Waals surface area contributed by atoms with Gasteiger partial charge in [0.15, 0.2) is 0 Å². The minimum atomic E-state index is -0.223. The third kappa shape index (κ3) is 3.68. The molecule has 0 unspecified atom stereocenters. The Labute approximate surface area is 95.2 Å². The molecule has 0 aliphatic carbocycles. The van der Waals surface area contributed by atoms with Crippen molar-refractivity contribution in [3.63, 3.8) is 0 Å². The average molecular weight is 232 g/mol. The van der Waals surface area contributed by atoms with E-state index in [4.69, 9.17) is 4.74 Å². The van der Waals surface area contributed by atoms with Gasteiger partial charge in [-0.25, -0.2) is 4.39 Å². The SMILES string of the molecule is Cl.Fc1ccc(O[C@H]2CCCNC2)cc1. The Bertz CT molecular complexity index is 285. The topological polar surface area (TPSA) is 21.3 Å². The summed E-state index contributed by atoms with van der Waals surface area (Å²) in [6.45, 7) is 1.96. The predicted octanol–water partition coefficient (Wildman–Crippen LogP) is 2.38.